The van der Waals surface area contributed by atoms with Crippen LogP contribution in [0.3, 0.4) is 0 Å². The maximum Gasteiger partial charge on any atom is 0.258 e. The van der Waals surface area contributed by atoms with Crippen LogP contribution in [0.4, 0.5) is 5.69 Å². The van der Waals surface area contributed by atoms with Crippen LogP contribution in [-0.2, 0) is 11.3 Å². The highest BCUT2D eigenvalue weighted by molar-refractivity contribution is 5.93. The van der Waals surface area contributed by atoms with Crippen LogP contribution in [0.15, 0.2) is 65.6 Å². The van der Waals surface area contributed by atoms with Gasteiger partial charge in [-0.15, -0.1) is 0 Å². The number of hydrogen-bond donors (Lipinski definition) is 0. The van der Waals surface area contributed by atoms with Gasteiger partial charge in [-0.05, 0) is 41.1 Å². The minimum absolute atomic E-state index is 0.0199. The average molecular weight is 334 g/mol. The number of amides is 1. The molecule has 0 atom stereocenters. The fraction of sp³-hybridized carbons (Fsp3) is 0.238. The Morgan fingerprint density at radius 1 is 1.04 bits per heavy atom. The van der Waals surface area contributed by atoms with Crippen LogP contribution >= 0.6 is 0 Å². The van der Waals surface area contributed by atoms with E-state index in [4.69, 9.17) is 0 Å². The quantitative estimate of drug-likeness (QED) is 0.728. The molecule has 0 saturated heterocycles. The Hall–Kier alpha value is -2.88. The molecule has 0 radical (unpaired) electrons. The number of carbonyl (C=O) groups is 1. The summed E-state index contributed by atoms with van der Waals surface area (Å²) in [5.74, 6) is 0.320. The standard InChI is InChI=1S/C21H22N2O2/c1-15(2)16-8-10-18(11-9-16)22(3)20(24)14-23-13-12-17-6-4-5-7-19(17)21(23)25/h4-13,15H,14H2,1-3H3. The Morgan fingerprint density at radius 2 is 1.72 bits per heavy atom. The minimum Gasteiger partial charge on any atom is -0.314 e. The van der Waals surface area contributed by atoms with Gasteiger partial charge in [0.2, 0.25) is 5.91 Å². The zero-order valence-corrected chi connectivity index (χ0v) is 14.8. The molecule has 0 saturated carbocycles. The van der Waals surface area contributed by atoms with Gasteiger partial charge in [-0.2, -0.15) is 0 Å². The summed E-state index contributed by atoms with van der Waals surface area (Å²) in [5.41, 5.74) is 1.91. The van der Waals surface area contributed by atoms with Gasteiger partial charge in [0.15, 0.2) is 0 Å². The van der Waals surface area contributed by atoms with E-state index >= 15 is 0 Å². The molecule has 2 aromatic carbocycles. The number of nitrogens with zero attached hydrogens (tertiary/aromatic N) is 2. The van der Waals surface area contributed by atoms with E-state index in [1.807, 2.05) is 48.5 Å². The molecule has 3 rings (SSSR count). The summed E-state index contributed by atoms with van der Waals surface area (Å²) in [6.07, 6.45) is 1.68. The fourth-order valence-electron chi connectivity index (χ4n) is 2.83. The van der Waals surface area contributed by atoms with Crippen molar-refractivity contribution in [2.24, 2.45) is 0 Å². The van der Waals surface area contributed by atoms with Crippen molar-refractivity contribution in [1.82, 2.24) is 4.57 Å². The van der Waals surface area contributed by atoms with Gasteiger partial charge in [-0.25, -0.2) is 0 Å². The van der Waals surface area contributed by atoms with Crippen molar-refractivity contribution < 1.29 is 4.79 Å². The number of benzene rings is 2. The second-order valence-electron chi connectivity index (χ2n) is 6.54. The smallest absolute Gasteiger partial charge is 0.258 e. The summed E-state index contributed by atoms with van der Waals surface area (Å²) < 4.78 is 1.46. The van der Waals surface area contributed by atoms with Crippen LogP contribution in [0.2, 0.25) is 0 Å². The van der Waals surface area contributed by atoms with Crippen LogP contribution in [0.5, 0.6) is 0 Å². The van der Waals surface area contributed by atoms with Crippen LogP contribution in [0, 0.1) is 0 Å². The molecule has 4 nitrogen and oxygen atoms in total. The number of aromatic nitrogens is 1. The van der Waals surface area contributed by atoms with Gasteiger partial charge >= 0.3 is 0 Å². The molecule has 3 aromatic rings. The third-order valence-corrected chi connectivity index (χ3v) is 4.51. The molecule has 25 heavy (non-hydrogen) atoms. The number of hydrogen-bond acceptors (Lipinski definition) is 2. The van der Waals surface area contributed by atoms with E-state index in [0.717, 1.165) is 11.1 Å². The Balaban J connectivity index is 1.82. The van der Waals surface area contributed by atoms with Crippen LogP contribution in [0.1, 0.15) is 25.3 Å². The topological polar surface area (TPSA) is 42.3 Å². The third-order valence-electron chi connectivity index (χ3n) is 4.51. The van der Waals surface area contributed by atoms with Gasteiger partial charge in [0.25, 0.3) is 5.56 Å². The molecule has 0 aliphatic rings. The molecule has 0 aliphatic heterocycles. The summed E-state index contributed by atoms with van der Waals surface area (Å²) in [4.78, 5) is 26.7. The van der Waals surface area contributed by atoms with Gasteiger partial charge in [0.05, 0.1) is 0 Å². The molecule has 0 bridgehead atoms. The van der Waals surface area contributed by atoms with E-state index in [-0.39, 0.29) is 18.0 Å². The highest BCUT2D eigenvalue weighted by atomic mass is 16.2. The van der Waals surface area contributed by atoms with Gasteiger partial charge in [-0.1, -0.05) is 44.2 Å². The van der Waals surface area contributed by atoms with Gasteiger partial charge in [0, 0.05) is 24.3 Å². The van der Waals surface area contributed by atoms with Crippen LogP contribution in [-0.4, -0.2) is 17.5 Å². The first-order valence-corrected chi connectivity index (χ1v) is 8.42. The van der Waals surface area contributed by atoms with Crippen LogP contribution in [0.25, 0.3) is 10.8 Å². The molecule has 0 aliphatic carbocycles. The van der Waals surface area contributed by atoms with Gasteiger partial charge in [0.1, 0.15) is 6.54 Å². The van der Waals surface area contributed by atoms with Crippen molar-refractivity contribution in [2.75, 3.05) is 11.9 Å². The number of pyridine rings is 1. The second kappa shape index (κ2) is 6.93. The second-order valence-corrected chi connectivity index (χ2v) is 6.54. The summed E-state index contributed by atoms with van der Waals surface area (Å²) >= 11 is 0. The molecule has 128 valence electrons. The first-order chi connectivity index (χ1) is 12.0. The van der Waals surface area contributed by atoms with E-state index < -0.39 is 0 Å². The zero-order valence-electron chi connectivity index (χ0n) is 14.8. The normalized spacial score (nSPS) is 11.0. The SMILES string of the molecule is CC(C)c1ccc(N(C)C(=O)Cn2ccc3ccccc3c2=O)cc1. The molecular formula is C21H22N2O2. The van der Waals surface area contributed by atoms with E-state index in [0.29, 0.717) is 11.3 Å². The Kier molecular flexibility index (Phi) is 4.70. The Labute approximate surface area is 147 Å². The summed E-state index contributed by atoms with van der Waals surface area (Å²) in [6.45, 7) is 4.29. The molecule has 1 heterocycles. The average Bonchev–Trinajstić information content (AvgIpc) is 2.63. The summed E-state index contributed by atoms with van der Waals surface area (Å²) in [6, 6.07) is 17.2. The largest absolute Gasteiger partial charge is 0.314 e. The number of anilines is 1. The zero-order chi connectivity index (χ0) is 18.0. The highest BCUT2D eigenvalue weighted by Crippen LogP contribution is 2.19. The van der Waals surface area contributed by atoms with E-state index in [2.05, 4.69) is 13.8 Å². The van der Waals surface area contributed by atoms with Gasteiger partial charge in [-0.3, -0.25) is 9.59 Å². The Bertz CT molecular complexity index is 956. The van der Waals surface area contributed by atoms with Crippen molar-refractivity contribution in [2.45, 2.75) is 26.3 Å². The van der Waals surface area contributed by atoms with Crippen molar-refractivity contribution in [1.29, 1.82) is 0 Å². The highest BCUT2D eigenvalue weighted by Gasteiger charge is 2.13. The Morgan fingerprint density at radius 3 is 2.40 bits per heavy atom. The van der Waals surface area contributed by atoms with Crippen molar-refractivity contribution in [3.63, 3.8) is 0 Å². The lowest BCUT2D eigenvalue weighted by Crippen LogP contribution is -2.33. The number of rotatable bonds is 4. The van der Waals surface area contributed by atoms with Crippen molar-refractivity contribution >= 4 is 22.4 Å². The number of likely N-dealkylation sites (N-methyl/N-ethyl adjacent to an activating group) is 1. The van der Waals surface area contributed by atoms with Gasteiger partial charge < -0.3 is 9.47 Å². The van der Waals surface area contributed by atoms with E-state index in [1.54, 1.807) is 24.2 Å². The fourth-order valence-corrected chi connectivity index (χ4v) is 2.83. The molecule has 4 heteroatoms. The lowest BCUT2D eigenvalue weighted by molar-refractivity contribution is -0.118. The predicted octanol–water partition coefficient (Wildman–Crippen LogP) is 3.79. The van der Waals surface area contributed by atoms with Crippen molar-refractivity contribution in [3.05, 3.63) is 76.7 Å². The number of fused-ring (bicyclic) bond motifs is 1. The minimum atomic E-state index is -0.144. The monoisotopic (exact) mass is 334 g/mol. The van der Waals surface area contributed by atoms with E-state index in [9.17, 15) is 9.59 Å². The molecule has 0 fully saturated rings. The van der Waals surface area contributed by atoms with Crippen molar-refractivity contribution in [3.8, 4) is 0 Å². The summed E-state index contributed by atoms with van der Waals surface area (Å²) in [7, 11) is 1.73. The number of carbonyl (C=O) groups excluding carboxylic acids is 1. The maximum absolute atomic E-state index is 12.6. The van der Waals surface area contributed by atoms with E-state index in [1.165, 1.54) is 10.1 Å². The molecular weight excluding hydrogens is 312 g/mol. The maximum atomic E-state index is 12.6. The first-order valence-electron chi connectivity index (χ1n) is 8.42. The molecule has 0 N–H and O–H groups in total. The molecule has 1 aromatic heterocycles. The third kappa shape index (κ3) is 3.48. The first kappa shape index (κ1) is 17.0. The summed E-state index contributed by atoms with van der Waals surface area (Å²) in [5, 5.41) is 1.51. The molecule has 0 unspecified atom stereocenters. The predicted molar refractivity (Wildman–Crippen MR) is 102 cm³/mol. The lowest BCUT2D eigenvalue weighted by Gasteiger charge is -2.19. The van der Waals surface area contributed by atoms with Crippen LogP contribution < -0.4 is 10.5 Å². The lowest BCUT2D eigenvalue weighted by atomic mass is 10.0. The molecule has 0 spiro atoms. The molecule has 1 amide bonds.